The van der Waals surface area contributed by atoms with E-state index in [1.165, 1.54) is 11.3 Å². The van der Waals surface area contributed by atoms with Crippen molar-refractivity contribution in [2.75, 3.05) is 11.1 Å². The number of para-hydroxylation sites is 1. The Bertz CT molecular complexity index is 818. The first-order valence-electron chi connectivity index (χ1n) is 6.57. The number of hydrogen-bond acceptors (Lipinski definition) is 4. The third-order valence-corrected chi connectivity index (χ3v) is 4.61. The molecule has 106 valence electrons. The number of thiophene rings is 1. The van der Waals surface area contributed by atoms with Gasteiger partial charge in [-0.2, -0.15) is 0 Å². The minimum Gasteiger partial charge on any atom is -0.397 e. The fraction of sp³-hybridized carbons (Fsp3) is 0.125. The molecular formula is C16H15N3OS. The van der Waals surface area contributed by atoms with E-state index in [0.717, 1.165) is 26.9 Å². The molecule has 3 rings (SSSR count). The van der Waals surface area contributed by atoms with Crippen molar-refractivity contribution in [2.24, 2.45) is 0 Å². The molecule has 0 aliphatic heterocycles. The van der Waals surface area contributed by atoms with Crippen LogP contribution in [0.4, 0.5) is 11.4 Å². The maximum absolute atomic E-state index is 12.5. The normalized spacial score (nSPS) is 10.8. The lowest BCUT2D eigenvalue weighted by Crippen LogP contribution is -2.13. The van der Waals surface area contributed by atoms with Crippen LogP contribution in [0, 0.1) is 13.8 Å². The van der Waals surface area contributed by atoms with Crippen LogP contribution in [0.3, 0.4) is 0 Å². The molecule has 0 fully saturated rings. The molecule has 0 aliphatic rings. The van der Waals surface area contributed by atoms with Gasteiger partial charge < -0.3 is 11.1 Å². The van der Waals surface area contributed by atoms with Crippen LogP contribution in [0.5, 0.6) is 0 Å². The molecule has 1 aromatic carbocycles. The second kappa shape index (κ2) is 5.18. The van der Waals surface area contributed by atoms with Crippen molar-refractivity contribution in [3.05, 3.63) is 52.7 Å². The monoisotopic (exact) mass is 297 g/mol. The van der Waals surface area contributed by atoms with E-state index in [9.17, 15) is 4.79 Å². The summed E-state index contributed by atoms with van der Waals surface area (Å²) in [5.74, 6) is -0.175. The molecule has 3 aromatic rings. The number of rotatable bonds is 2. The van der Waals surface area contributed by atoms with Gasteiger partial charge in [0.1, 0.15) is 4.88 Å². The molecule has 2 heterocycles. The van der Waals surface area contributed by atoms with Gasteiger partial charge in [0.15, 0.2) is 0 Å². The molecule has 1 amide bonds. The Hall–Kier alpha value is -2.40. The number of hydrogen-bond donors (Lipinski definition) is 2. The van der Waals surface area contributed by atoms with Crippen molar-refractivity contribution in [1.29, 1.82) is 0 Å². The number of pyridine rings is 1. The lowest BCUT2D eigenvalue weighted by molar-refractivity contribution is 0.103. The molecule has 3 N–H and O–H groups in total. The van der Waals surface area contributed by atoms with E-state index in [0.29, 0.717) is 10.6 Å². The molecule has 0 aliphatic carbocycles. The topological polar surface area (TPSA) is 68.0 Å². The Morgan fingerprint density at radius 2 is 1.95 bits per heavy atom. The summed E-state index contributed by atoms with van der Waals surface area (Å²) in [5.41, 5.74) is 9.52. The van der Waals surface area contributed by atoms with Crippen molar-refractivity contribution >= 4 is 38.7 Å². The number of aromatic nitrogens is 1. The Labute approximate surface area is 126 Å². The largest absolute Gasteiger partial charge is 0.397 e. The second-order valence-corrected chi connectivity index (χ2v) is 5.99. The molecule has 0 unspecified atom stereocenters. The number of amides is 1. The summed E-state index contributed by atoms with van der Waals surface area (Å²) in [5, 5.41) is 3.84. The smallest absolute Gasteiger partial charge is 0.267 e. The molecule has 21 heavy (non-hydrogen) atoms. The summed E-state index contributed by atoms with van der Waals surface area (Å²) in [6.07, 6.45) is 3.41. The molecular weight excluding hydrogens is 282 g/mol. The Balaban J connectivity index is 2.00. The number of nitrogens with one attached hydrogen (secondary N) is 1. The predicted octanol–water partition coefficient (Wildman–Crippen LogP) is 3.75. The highest BCUT2D eigenvalue weighted by Crippen LogP contribution is 2.33. The van der Waals surface area contributed by atoms with E-state index in [-0.39, 0.29) is 5.91 Å². The zero-order valence-corrected chi connectivity index (χ0v) is 12.6. The van der Waals surface area contributed by atoms with Crippen LogP contribution >= 0.6 is 11.3 Å². The number of benzene rings is 1. The first-order chi connectivity index (χ1) is 10.1. The molecule has 2 aromatic heterocycles. The quantitative estimate of drug-likeness (QED) is 0.757. The van der Waals surface area contributed by atoms with Crippen molar-refractivity contribution in [1.82, 2.24) is 4.98 Å². The first kappa shape index (κ1) is 13.6. The minimum absolute atomic E-state index is 0.175. The standard InChI is InChI=1S/C16H15N3OS/c1-9-4-3-5-10(2)14(9)19-16(20)15-13(17)11-6-7-18-8-12(11)21-15/h3-8H,17H2,1-2H3,(H,19,20). The second-order valence-electron chi connectivity index (χ2n) is 4.94. The Morgan fingerprint density at radius 1 is 1.24 bits per heavy atom. The summed E-state index contributed by atoms with van der Waals surface area (Å²) in [6, 6.07) is 7.75. The van der Waals surface area contributed by atoms with Gasteiger partial charge in [0.05, 0.1) is 10.4 Å². The van der Waals surface area contributed by atoms with Crippen LogP contribution in [0.15, 0.2) is 36.7 Å². The van der Waals surface area contributed by atoms with Gasteiger partial charge in [0.25, 0.3) is 5.91 Å². The van der Waals surface area contributed by atoms with Gasteiger partial charge >= 0.3 is 0 Å². The van der Waals surface area contributed by atoms with Crippen LogP contribution in [0.25, 0.3) is 10.1 Å². The number of carbonyl (C=O) groups is 1. The molecule has 0 atom stereocenters. The third kappa shape index (κ3) is 2.36. The number of nitrogen functional groups attached to an aromatic ring is 1. The molecule has 0 saturated heterocycles. The van der Waals surface area contributed by atoms with Gasteiger partial charge in [0.2, 0.25) is 0 Å². The van der Waals surface area contributed by atoms with Gasteiger partial charge in [-0.05, 0) is 31.0 Å². The number of aryl methyl sites for hydroxylation is 2. The zero-order chi connectivity index (χ0) is 15.0. The van der Waals surface area contributed by atoms with Crippen molar-refractivity contribution in [3.8, 4) is 0 Å². The summed E-state index contributed by atoms with van der Waals surface area (Å²) in [4.78, 5) is 17.1. The van der Waals surface area contributed by atoms with Gasteiger partial charge in [0, 0.05) is 23.5 Å². The number of anilines is 2. The van der Waals surface area contributed by atoms with Crippen LogP contribution in [-0.2, 0) is 0 Å². The average molecular weight is 297 g/mol. The van der Waals surface area contributed by atoms with Crippen molar-refractivity contribution < 1.29 is 4.79 Å². The van der Waals surface area contributed by atoms with E-state index in [1.807, 2.05) is 38.1 Å². The van der Waals surface area contributed by atoms with Gasteiger partial charge in [-0.3, -0.25) is 9.78 Å². The number of fused-ring (bicyclic) bond motifs is 1. The van der Waals surface area contributed by atoms with Crippen LogP contribution in [0.1, 0.15) is 20.8 Å². The van der Waals surface area contributed by atoms with Gasteiger partial charge in [-0.1, -0.05) is 18.2 Å². The van der Waals surface area contributed by atoms with Crippen LogP contribution in [-0.4, -0.2) is 10.9 Å². The number of nitrogens with zero attached hydrogens (tertiary/aromatic N) is 1. The van der Waals surface area contributed by atoms with Crippen LogP contribution < -0.4 is 11.1 Å². The first-order valence-corrected chi connectivity index (χ1v) is 7.39. The molecule has 4 nitrogen and oxygen atoms in total. The predicted molar refractivity (Wildman–Crippen MR) is 87.9 cm³/mol. The SMILES string of the molecule is Cc1cccc(C)c1NC(=O)c1sc2cnccc2c1N. The van der Waals surface area contributed by atoms with E-state index in [1.54, 1.807) is 12.4 Å². The molecule has 0 bridgehead atoms. The van der Waals surface area contributed by atoms with E-state index < -0.39 is 0 Å². The summed E-state index contributed by atoms with van der Waals surface area (Å²) in [7, 11) is 0. The number of carbonyl (C=O) groups excluding carboxylic acids is 1. The van der Waals surface area contributed by atoms with E-state index in [2.05, 4.69) is 10.3 Å². The minimum atomic E-state index is -0.175. The molecule has 0 radical (unpaired) electrons. The molecule has 0 saturated carbocycles. The number of nitrogens with two attached hydrogens (primary N) is 1. The van der Waals surface area contributed by atoms with Crippen molar-refractivity contribution in [3.63, 3.8) is 0 Å². The molecule has 0 spiro atoms. The average Bonchev–Trinajstić information content (AvgIpc) is 2.81. The fourth-order valence-corrected chi connectivity index (χ4v) is 3.31. The van der Waals surface area contributed by atoms with Crippen LogP contribution in [0.2, 0.25) is 0 Å². The Kier molecular flexibility index (Phi) is 3.35. The summed E-state index contributed by atoms with van der Waals surface area (Å²) in [6.45, 7) is 3.95. The molecule has 5 heteroatoms. The van der Waals surface area contributed by atoms with Crippen molar-refractivity contribution in [2.45, 2.75) is 13.8 Å². The highest BCUT2D eigenvalue weighted by Gasteiger charge is 2.17. The third-order valence-electron chi connectivity index (χ3n) is 3.46. The summed E-state index contributed by atoms with van der Waals surface area (Å²) < 4.78 is 0.918. The van der Waals surface area contributed by atoms with E-state index >= 15 is 0 Å². The maximum atomic E-state index is 12.5. The van der Waals surface area contributed by atoms with Gasteiger partial charge in [-0.15, -0.1) is 11.3 Å². The highest BCUT2D eigenvalue weighted by molar-refractivity contribution is 7.21. The van der Waals surface area contributed by atoms with E-state index in [4.69, 9.17) is 5.73 Å². The Morgan fingerprint density at radius 3 is 2.62 bits per heavy atom. The highest BCUT2D eigenvalue weighted by atomic mass is 32.1. The summed E-state index contributed by atoms with van der Waals surface area (Å²) >= 11 is 1.36. The maximum Gasteiger partial charge on any atom is 0.267 e. The fourth-order valence-electron chi connectivity index (χ4n) is 2.32. The lowest BCUT2D eigenvalue weighted by Gasteiger charge is -2.10. The van der Waals surface area contributed by atoms with Gasteiger partial charge in [-0.25, -0.2) is 0 Å². The zero-order valence-electron chi connectivity index (χ0n) is 11.8. The lowest BCUT2D eigenvalue weighted by atomic mass is 10.1.